The van der Waals surface area contributed by atoms with Gasteiger partial charge in [0, 0.05) is 30.5 Å². The van der Waals surface area contributed by atoms with Gasteiger partial charge in [-0.3, -0.25) is 4.79 Å². The van der Waals surface area contributed by atoms with E-state index < -0.39 is 5.97 Å². The molecule has 1 aliphatic rings. The summed E-state index contributed by atoms with van der Waals surface area (Å²) in [5, 5.41) is 13.9. The van der Waals surface area contributed by atoms with E-state index in [1.54, 1.807) is 24.5 Å². The van der Waals surface area contributed by atoms with Crippen LogP contribution in [0.1, 0.15) is 12.8 Å². The van der Waals surface area contributed by atoms with Gasteiger partial charge in [0.25, 0.3) is 0 Å². The van der Waals surface area contributed by atoms with Crippen molar-refractivity contribution in [3.8, 4) is 10.6 Å². The minimum atomic E-state index is -0.739. The van der Waals surface area contributed by atoms with Gasteiger partial charge in [-0.1, -0.05) is 29.0 Å². The molecule has 0 amide bonds. The second kappa shape index (κ2) is 8.12. The van der Waals surface area contributed by atoms with Gasteiger partial charge >= 0.3 is 5.97 Å². The van der Waals surface area contributed by atoms with Gasteiger partial charge in [-0.25, -0.2) is 15.0 Å². The summed E-state index contributed by atoms with van der Waals surface area (Å²) < 4.78 is 0. The first-order valence-electron chi connectivity index (χ1n) is 8.88. The summed E-state index contributed by atoms with van der Waals surface area (Å²) in [5.41, 5.74) is 0.794. The molecule has 0 aromatic carbocycles. The number of aliphatic carboxylic acids is 1. The molecule has 144 valence electrons. The van der Waals surface area contributed by atoms with Gasteiger partial charge in [-0.05, 0) is 37.1 Å². The molecule has 3 aromatic rings. The molecule has 0 unspecified atom stereocenters. The smallest absolute Gasteiger partial charge is 0.308 e. The lowest BCUT2D eigenvalue weighted by atomic mass is 9.99. The highest BCUT2D eigenvalue weighted by Gasteiger charge is 2.27. The molecule has 0 saturated carbocycles. The van der Waals surface area contributed by atoms with Crippen LogP contribution in [0.2, 0.25) is 5.02 Å². The third kappa shape index (κ3) is 4.23. The normalized spacial score (nSPS) is 16.8. The fourth-order valence-corrected chi connectivity index (χ4v) is 4.21. The van der Waals surface area contributed by atoms with E-state index in [4.69, 9.17) is 11.6 Å². The Morgan fingerprint density at radius 1 is 1.29 bits per heavy atom. The van der Waals surface area contributed by atoms with Gasteiger partial charge in [-0.2, -0.15) is 0 Å². The van der Waals surface area contributed by atoms with Crippen molar-refractivity contribution >= 4 is 45.7 Å². The van der Waals surface area contributed by atoms with E-state index in [0.717, 1.165) is 35.1 Å². The second-order valence-electron chi connectivity index (χ2n) is 6.52. The molecule has 1 saturated heterocycles. The first-order chi connectivity index (χ1) is 13.6. The van der Waals surface area contributed by atoms with Crippen LogP contribution in [0, 0.1) is 5.92 Å². The van der Waals surface area contributed by atoms with Crippen molar-refractivity contribution in [2.45, 2.75) is 12.8 Å². The number of hydrogen-bond acceptors (Lipinski definition) is 7. The lowest BCUT2D eigenvalue weighted by molar-refractivity contribution is -0.141. The van der Waals surface area contributed by atoms with Crippen LogP contribution in [0.3, 0.4) is 0 Å². The molecule has 4 heterocycles. The van der Waals surface area contributed by atoms with Crippen LogP contribution in [-0.4, -0.2) is 39.1 Å². The first-order valence-corrected chi connectivity index (χ1v) is 10.1. The number of halogens is 1. The predicted molar refractivity (Wildman–Crippen MR) is 110 cm³/mol. The van der Waals surface area contributed by atoms with Gasteiger partial charge in [0.2, 0.25) is 0 Å². The minimum Gasteiger partial charge on any atom is -0.481 e. The first kappa shape index (κ1) is 18.6. The Kier molecular flexibility index (Phi) is 5.40. The third-order valence-electron chi connectivity index (χ3n) is 4.51. The summed E-state index contributed by atoms with van der Waals surface area (Å²) in [6, 6.07) is 9.14. The van der Waals surface area contributed by atoms with Crippen molar-refractivity contribution in [1.82, 2.24) is 15.0 Å². The Morgan fingerprint density at radius 2 is 2.18 bits per heavy atom. The van der Waals surface area contributed by atoms with Crippen molar-refractivity contribution in [1.29, 1.82) is 0 Å². The highest BCUT2D eigenvalue weighted by Crippen LogP contribution is 2.33. The van der Waals surface area contributed by atoms with Gasteiger partial charge < -0.3 is 15.3 Å². The van der Waals surface area contributed by atoms with Gasteiger partial charge in [0.05, 0.1) is 16.5 Å². The number of aromatic nitrogens is 3. The summed E-state index contributed by atoms with van der Waals surface area (Å²) in [5.74, 6) is 0.204. The molecule has 0 spiro atoms. The molecular weight excluding hydrogens is 398 g/mol. The maximum Gasteiger partial charge on any atom is 0.308 e. The summed E-state index contributed by atoms with van der Waals surface area (Å²) >= 11 is 7.51. The van der Waals surface area contributed by atoms with E-state index in [-0.39, 0.29) is 5.92 Å². The molecule has 0 bridgehead atoms. The molecular formula is C19H18ClN5O2S. The Balaban J connectivity index is 1.51. The molecule has 1 aliphatic heterocycles. The van der Waals surface area contributed by atoms with E-state index in [1.165, 1.54) is 11.3 Å². The summed E-state index contributed by atoms with van der Waals surface area (Å²) in [7, 11) is 0. The number of carboxylic acids is 1. The van der Waals surface area contributed by atoms with Crippen LogP contribution in [0.15, 0.2) is 42.7 Å². The van der Waals surface area contributed by atoms with Gasteiger partial charge in [0.15, 0.2) is 5.13 Å². The number of hydrogen-bond donors (Lipinski definition) is 2. The number of rotatable bonds is 5. The van der Waals surface area contributed by atoms with Crippen molar-refractivity contribution in [3.05, 3.63) is 47.7 Å². The maximum atomic E-state index is 11.3. The average molecular weight is 416 g/mol. The highest BCUT2D eigenvalue weighted by molar-refractivity contribution is 7.18. The van der Waals surface area contributed by atoms with Crippen LogP contribution >= 0.6 is 22.9 Å². The molecule has 7 nitrogen and oxygen atoms in total. The number of nitrogens with zero attached hydrogens (tertiary/aromatic N) is 4. The van der Waals surface area contributed by atoms with Gasteiger partial charge in [-0.15, -0.1) is 0 Å². The van der Waals surface area contributed by atoms with Crippen LogP contribution in [0.4, 0.5) is 16.8 Å². The largest absolute Gasteiger partial charge is 0.481 e. The third-order valence-corrected chi connectivity index (χ3v) is 5.83. The van der Waals surface area contributed by atoms with Crippen molar-refractivity contribution < 1.29 is 9.90 Å². The molecule has 4 rings (SSSR count). The zero-order chi connectivity index (χ0) is 19.5. The van der Waals surface area contributed by atoms with Crippen molar-refractivity contribution in [2.24, 2.45) is 5.92 Å². The van der Waals surface area contributed by atoms with Crippen molar-refractivity contribution in [3.63, 3.8) is 0 Å². The van der Waals surface area contributed by atoms with E-state index in [9.17, 15) is 9.90 Å². The Labute approximate surface area is 171 Å². The standard InChI is InChI=1S/C19H18ClN5O2S/c20-13-6-7-21-17(9-13)24-16-5-1-4-14(23-16)15-10-22-19(28-15)25-8-2-3-12(11-25)18(26)27/h1,4-7,9-10,12H,2-3,8,11H2,(H,26,27)(H,21,23,24)/t12-/m1/s1. The molecule has 28 heavy (non-hydrogen) atoms. The van der Waals surface area contributed by atoms with E-state index >= 15 is 0 Å². The molecule has 3 aromatic heterocycles. The Hall–Kier alpha value is -2.71. The lowest BCUT2D eigenvalue weighted by Crippen LogP contribution is -2.38. The average Bonchev–Trinajstić information content (AvgIpc) is 3.19. The predicted octanol–water partition coefficient (Wildman–Crippen LogP) is 4.30. The maximum absolute atomic E-state index is 11.3. The number of piperidine rings is 1. The number of nitrogens with one attached hydrogen (secondary N) is 1. The minimum absolute atomic E-state index is 0.336. The molecule has 9 heteroatoms. The van der Waals surface area contributed by atoms with Gasteiger partial charge in [0.1, 0.15) is 11.6 Å². The summed E-state index contributed by atoms with van der Waals surface area (Å²) in [6.45, 7) is 1.32. The van der Waals surface area contributed by atoms with E-state index in [2.05, 4.69) is 25.2 Å². The quantitative estimate of drug-likeness (QED) is 0.641. The SMILES string of the molecule is O=C(O)[C@@H]1CCCN(c2ncc(-c3cccc(Nc4cc(Cl)ccn4)n3)s2)C1. The molecule has 2 N–H and O–H groups in total. The summed E-state index contributed by atoms with van der Waals surface area (Å²) in [4.78, 5) is 27.6. The zero-order valence-electron chi connectivity index (χ0n) is 14.9. The fourth-order valence-electron chi connectivity index (χ4n) is 3.13. The summed E-state index contributed by atoms with van der Waals surface area (Å²) in [6.07, 6.45) is 4.99. The molecule has 0 aliphatic carbocycles. The van der Waals surface area contributed by atoms with Crippen LogP contribution in [0.25, 0.3) is 10.6 Å². The molecule has 1 atom stereocenters. The topological polar surface area (TPSA) is 91.2 Å². The number of pyridine rings is 2. The molecule has 0 radical (unpaired) electrons. The van der Waals surface area contributed by atoms with E-state index in [1.807, 2.05) is 18.2 Å². The van der Waals surface area contributed by atoms with Crippen LogP contribution in [-0.2, 0) is 4.79 Å². The number of anilines is 3. The number of thiazole rings is 1. The zero-order valence-corrected chi connectivity index (χ0v) is 16.5. The van der Waals surface area contributed by atoms with Crippen LogP contribution in [0.5, 0.6) is 0 Å². The number of carboxylic acid groups (broad SMARTS) is 1. The fraction of sp³-hybridized carbons (Fsp3) is 0.263. The van der Waals surface area contributed by atoms with E-state index in [0.29, 0.717) is 23.2 Å². The molecule has 1 fully saturated rings. The van der Waals surface area contributed by atoms with Crippen LogP contribution < -0.4 is 10.2 Å². The second-order valence-corrected chi connectivity index (χ2v) is 7.97. The Bertz CT molecular complexity index is 996. The highest BCUT2D eigenvalue weighted by atomic mass is 35.5. The Morgan fingerprint density at radius 3 is 3.00 bits per heavy atom. The monoisotopic (exact) mass is 415 g/mol. The van der Waals surface area contributed by atoms with Crippen molar-refractivity contribution in [2.75, 3.05) is 23.3 Å². The lowest BCUT2D eigenvalue weighted by Gasteiger charge is -2.30. The number of carbonyl (C=O) groups is 1.